The topological polar surface area (TPSA) is 46.3 Å². The summed E-state index contributed by atoms with van der Waals surface area (Å²) in [5, 5.41) is 0. The predicted octanol–water partition coefficient (Wildman–Crippen LogP) is 2.31. The number of likely N-dealkylation sites (tertiary alicyclic amines) is 1. The van der Waals surface area contributed by atoms with E-state index in [9.17, 15) is 4.79 Å². The Hall–Kier alpha value is -1.35. The number of carbonyl (C=O) groups excluding carboxylic acids is 1. The standard InChI is InChI=1S/C15H22N2O/c1-9(2)17-14(18)8-13(16)15(17)12-6-10(3)5-11(4)7-12/h5-7,9,13,15H,8,16H2,1-4H3/t13-,15+/m1/s1. The fraction of sp³-hybridized carbons (Fsp3) is 0.533. The molecule has 1 saturated heterocycles. The van der Waals surface area contributed by atoms with Gasteiger partial charge in [-0.25, -0.2) is 0 Å². The molecule has 0 spiro atoms. The molecule has 0 saturated carbocycles. The smallest absolute Gasteiger partial charge is 0.225 e. The van der Waals surface area contributed by atoms with Gasteiger partial charge in [-0.15, -0.1) is 0 Å². The highest BCUT2D eigenvalue weighted by Crippen LogP contribution is 2.34. The fourth-order valence-corrected chi connectivity index (χ4v) is 2.98. The summed E-state index contributed by atoms with van der Waals surface area (Å²) in [7, 11) is 0. The minimum absolute atomic E-state index is 0.0242. The molecular weight excluding hydrogens is 224 g/mol. The summed E-state index contributed by atoms with van der Waals surface area (Å²) in [6.45, 7) is 8.26. The van der Waals surface area contributed by atoms with Gasteiger partial charge in [0, 0.05) is 18.5 Å². The van der Waals surface area contributed by atoms with Gasteiger partial charge in [-0.3, -0.25) is 4.79 Å². The van der Waals surface area contributed by atoms with Crippen LogP contribution in [0.5, 0.6) is 0 Å². The zero-order valence-electron chi connectivity index (χ0n) is 11.6. The normalized spacial score (nSPS) is 24.1. The maximum atomic E-state index is 12.0. The van der Waals surface area contributed by atoms with Crippen LogP contribution in [0.4, 0.5) is 0 Å². The van der Waals surface area contributed by atoms with E-state index in [1.54, 1.807) is 0 Å². The molecular formula is C15H22N2O. The minimum Gasteiger partial charge on any atom is -0.332 e. The average molecular weight is 246 g/mol. The lowest BCUT2D eigenvalue weighted by Crippen LogP contribution is -2.37. The first kappa shape index (κ1) is 13.1. The Morgan fingerprint density at radius 2 is 1.78 bits per heavy atom. The molecule has 3 nitrogen and oxygen atoms in total. The second kappa shape index (κ2) is 4.73. The van der Waals surface area contributed by atoms with E-state index in [1.165, 1.54) is 16.7 Å². The summed E-state index contributed by atoms with van der Waals surface area (Å²) in [6, 6.07) is 6.55. The summed E-state index contributed by atoms with van der Waals surface area (Å²) >= 11 is 0. The van der Waals surface area contributed by atoms with Crippen molar-refractivity contribution in [2.75, 3.05) is 0 Å². The molecule has 0 unspecified atom stereocenters. The first-order valence-corrected chi connectivity index (χ1v) is 6.55. The molecule has 2 rings (SSSR count). The molecule has 98 valence electrons. The molecule has 1 aromatic rings. The van der Waals surface area contributed by atoms with Crippen LogP contribution < -0.4 is 5.73 Å². The van der Waals surface area contributed by atoms with Gasteiger partial charge in [0.25, 0.3) is 0 Å². The number of hydrogen-bond acceptors (Lipinski definition) is 2. The van der Waals surface area contributed by atoms with Crippen LogP contribution in [0.2, 0.25) is 0 Å². The number of nitrogens with two attached hydrogens (primary N) is 1. The summed E-state index contributed by atoms with van der Waals surface area (Å²) in [6.07, 6.45) is 0.454. The van der Waals surface area contributed by atoms with E-state index in [-0.39, 0.29) is 24.0 Å². The van der Waals surface area contributed by atoms with Crippen molar-refractivity contribution < 1.29 is 4.79 Å². The molecule has 1 heterocycles. The number of benzene rings is 1. The zero-order chi connectivity index (χ0) is 13.4. The second-order valence-electron chi connectivity index (χ2n) is 5.63. The monoisotopic (exact) mass is 246 g/mol. The van der Waals surface area contributed by atoms with E-state index < -0.39 is 0 Å². The third-order valence-corrected chi connectivity index (χ3v) is 3.55. The summed E-state index contributed by atoms with van der Waals surface area (Å²) in [5.74, 6) is 0.168. The van der Waals surface area contributed by atoms with E-state index in [4.69, 9.17) is 5.73 Å². The van der Waals surface area contributed by atoms with Gasteiger partial charge in [-0.1, -0.05) is 29.3 Å². The Kier molecular flexibility index (Phi) is 3.44. The molecule has 1 aromatic carbocycles. The molecule has 0 radical (unpaired) electrons. The van der Waals surface area contributed by atoms with Crippen LogP contribution in [0.25, 0.3) is 0 Å². The van der Waals surface area contributed by atoms with Gasteiger partial charge in [-0.05, 0) is 33.3 Å². The molecule has 18 heavy (non-hydrogen) atoms. The molecule has 0 aromatic heterocycles. The highest BCUT2D eigenvalue weighted by Gasteiger charge is 2.39. The summed E-state index contributed by atoms with van der Waals surface area (Å²) < 4.78 is 0. The van der Waals surface area contributed by atoms with Crippen LogP contribution in [-0.2, 0) is 4.79 Å². The molecule has 1 aliphatic rings. The number of nitrogens with zero attached hydrogens (tertiary/aromatic N) is 1. The van der Waals surface area contributed by atoms with Crippen molar-refractivity contribution in [1.29, 1.82) is 0 Å². The van der Waals surface area contributed by atoms with Crippen LogP contribution in [0.3, 0.4) is 0 Å². The van der Waals surface area contributed by atoms with Gasteiger partial charge in [-0.2, -0.15) is 0 Å². The summed E-state index contributed by atoms with van der Waals surface area (Å²) in [4.78, 5) is 14.0. The van der Waals surface area contributed by atoms with E-state index >= 15 is 0 Å². The van der Waals surface area contributed by atoms with Crippen molar-refractivity contribution in [2.24, 2.45) is 5.73 Å². The van der Waals surface area contributed by atoms with Crippen molar-refractivity contribution in [2.45, 2.75) is 52.2 Å². The Labute approximate surface area is 109 Å². The Balaban J connectivity index is 2.43. The van der Waals surface area contributed by atoms with Gasteiger partial charge >= 0.3 is 0 Å². The maximum absolute atomic E-state index is 12.0. The number of rotatable bonds is 2. The molecule has 1 aliphatic heterocycles. The summed E-state index contributed by atoms with van der Waals surface area (Å²) in [5.41, 5.74) is 9.78. The molecule has 0 bridgehead atoms. The SMILES string of the molecule is Cc1cc(C)cc([C@H]2[C@H](N)CC(=O)N2C(C)C)c1. The molecule has 0 aliphatic carbocycles. The largest absolute Gasteiger partial charge is 0.332 e. The van der Waals surface area contributed by atoms with Gasteiger partial charge in [0.2, 0.25) is 5.91 Å². The van der Waals surface area contributed by atoms with Crippen LogP contribution >= 0.6 is 0 Å². The van der Waals surface area contributed by atoms with Crippen molar-refractivity contribution in [3.05, 3.63) is 34.9 Å². The van der Waals surface area contributed by atoms with Gasteiger partial charge < -0.3 is 10.6 Å². The van der Waals surface area contributed by atoms with E-state index in [1.807, 2.05) is 18.7 Å². The lowest BCUT2D eigenvalue weighted by atomic mass is 9.96. The Morgan fingerprint density at radius 1 is 1.22 bits per heavy atom. The Bertz CT molecular complexity index is 447. The van der Waals surface area contributed by atoms with Crippen LogP contribution in [0.15, 0.2) is 18.2 Å². The first-order chi connectivity index (χ1) is 8.40. The van der Waals surface area contributed by atoms with Crippen molar-refractivity contribution in [3.8, 4) is 0 Å². The van der Waals surface area contributed by atoms with Crippen molar-refractivity contribution in [3.63, 3.8) is 0 Å². The lowest BCUT2D eigenvalue weighted by molar-refractivity contribution is -0.130. The highest BCUT2D eigenvalue weighted by atomic mass is 16.2. The molecule has 2 N–H and O–H groups in total. The van der Waals surface area contributed by atoms with Gasteiger partial charge in [0.05, 0.1) is 6.04 Å². The predicted molar refractivity (Wildman–Crippen MR) is 73.2 cm³/mol. The van der Waals surface area contributed by atoms with Crippen LogP contribution in [-0.4, -0.2) is 22.9 Å². The fourth-order valence-electron chi connectivity index (χ4n) is 2.98. The number of carbonyl (C=O) groups is 1. The Morgan fingerprint density at radius 3 is 2.28 bits per heavy atom. The molecule has 1 fully saturated rings. The maximum Gasteiger partial charge on any atom is 0.225 e. The van der Waals surface area contributed by atoms with Gasteiger partial charge in [0.15, 0.2) is 0 Å². The van der Waals surface area contributed by atoms with Gasteiger partial charge in [0.1, 0.15) is 0 Å². The molecule has 3 heteroatoms. The third-order valence-electron chi connectivity index (χ3n) is 3.55. The van der Waals surface area contributed by atoms with Crippen LogP contribution in [0.1, 0.15) is 43.0 Å². The number of amides is 1. The highest BCUT2D eigenvalue weighted by molar-refractivity contribution is 5.80. The van der Waals surface area contributed by atoms with Crippen molar-refractivity contribution in [1.82, 2.24) is 4.90 Å². The third kappa shape index (κ3) is 2.27. The number of hydrogen-bond donors (Lipinski definition) is 1. The molecule has 1 amide bonds. The molecule has 2 atom stereocenters. The average Bonchev–Trinajstić information content (AvgIpc) is 2.51. The van der Waals surface area contributed by atoms with Crippen molar-refractivity contribution >= 4 is 5.91 Å². The number of aryl methyl sites for hydroxylation is 2. The zero-order valence-corrected chi connectivity index (χ0v) is 11.6. The van der Waals surface area contributed by atoms with E-state index in [0.717, 1.165) is 0 Å². The quantitative estimate of drug-likeness (QED) is 0.870. The second-order valence-corrected chi connectivity index (χ2v) is 5.63. The minimum atomic E-state index is -0.0962. The first-order valence-electron chi connectivity index (χ1n) is 6.55. The van der Waals surface area contributed by atoms with Crippen LogP contribution in [0, 0.1) is 13.8 Å². The lowest BCUT2D eigenvalue weighted by Gasteiger charge is -2.31. The van der Waals surface area contributed by atoms with E-state index in [2.05, 4.69) is 32.0 Å². The van der Waals surface area contributed by atoms with E-state index in [0.29, 0.717) is 6.42 Å².